The third-order valence-electron chi connectivity index (χ3n) is 2.51. The van der Waals surface area contributed by atoms with Crippen molar-refractivity contribution < 1.29 is 0 Å². The molecule has 1 rings (SSSR count). The van der Waals surface area contributed by atoms with Gasteiger partial charge in [0.05, 0.1) is 21.8 Å². The number of rotatable bonds is 4. The van der Waals surface area contributed by atoms with E-state index in [1.165, 1.54) is 0 Å². The van der Waals surface area contributed by atoms with Gasteiger partial charge in [-0.25, -0.2) is 0 Å². The molecule has 15 heavy (non-hydrogen) atoms. The van der Waals surface area contributed by atoms with Gasteiger partial charge in [0, 0.05) is 6.20 Å². The van der Waals surface area contributed by atoms with E-state index < -0.39 is 0 Å². The standard InChI is InChI=1S/C11H16Cl2N2/c1-3-4-7(2)10(14)11-9(13)5-8(12)6-15-11/h5-7,10H,3-4,14H2,1-2H3. The van der Waals surface area contributed by atoms with Gasteiger partial charge < -0.3 is 5.73 Å². The van der Waals surface area contributed by atoms with Crippen LogP contribution >= 0.6 is 23.2 Å². The Morgan fingerprint density at radius 3 is 2.67 bits per heavy atom. The van der Waals surface area contributed by atoms with E-state index in [0.717, 1.165) is 18.5 Å². The maximum absolute atomic E-state index is 6.09. The highest BCUT2D eigenvalue weighted by molar-refractivity contribution is 6.34. The summed E-state index contributed by atoms with van der Waals surface area (Å²) in [4.78, 5) is 4.19. The smallest absolute Gasteiger partial charge is 0.0760 e. The van der Waals surface area contributed by atoms with E-state index in [-0.39, 0.29) is 6.04 Å². The predicted molar refractivity (Wildman–Crippen MR) is 65.3 cm³/mol. The van der Waals surface area contributed by atoms with Gasteiger partial charge in [0.2, 0.25) is 0 Å². The summed E-state index contributed by atoms with van der Waals surface area (Å²) in [6, 6.07) is 1.57. The summed E-state index contributed by atoms with van der Waals surface area (Å²) in [6.07, 6.45) is 3.77. The van der Waals surface area contributed by atoms with Crippen LogP contribution in [-0.2, 0) is 0 Å². The van der Waals surface area contributed by atoms with E-state index >= 15 is 0 Å². The normalized spacial score (nSPS) is 15.0. The summed E-state index contributed by atoms with van der Waals surface area (Å²) in [6.45, 7) is 4.25. The lowest BCUT2D eigenvalue weighted by molar-refractivity contribution is 0.427. The fourth-order valence-electron chi connectivity index (χ4n) is 1.57. The number of pyridine rings is 1. The molecule has 0 radical (unpaired) electrons. The van der Waals surface area contributed by atoms with Crippen molar-refractivity contribution >= 4 is 23.2 Å². The van der Waals surface area contributed by atoms with E-state index in [2.05, 4.69) is 18.8 Å². The first-order chi connectivity index (χ1) is 7.06. The summed E-state index contributed by atoms with van der Waals surface area (Å²) in [5.74, 6) is 0.376. The predicted octanol–water partition coefficient (Wildman–Crippen LogP) is 3.82. The molecule has 2 atom stereocenters. The third-order valence-corrected chi connectivity index (χ3v) is 3.02. The number of nitrogens with two attached hydrogens (primary N) is 1. The molecule has 2 N–H and O–H groups in total. The Morgan fingerprint density at radius 1 is 1.47 bits per heavy atom. The molecule has 4 heteroatoms. The van der Waals surface area contributed by atoms with Crippen molar-refractivity contribution in [2.24, 2.45) is 11.7 Å². The molecule has 0 aromatic carbocycles. The first-order valence-corrected chi connectivity index (χ1v) is 5.88. The molecule has 0 fully saturated rings. The van der Waals surface area contributed by atoms with Gasteiger partial charge in [-0.1, -0.05) is 43.5 Å². The van der Waals surface area contributed by atoms with Crippen molar-refractivity contribution in [2.45, 2.75) is 32.7 Å². The van der Waals surface area contributed by atoms with Gasteiger partial charge in [0.25, 0.3) is 0 Å². The van der Waals surface area contributed by atoms with E-state index in [0.29, 0.717) is 16.0 Å². The Kier molecular flexibility index (Phi) is 4.84. The van der Waals surface area contributed by atoms with Gasteiger partial charge in [-0.15, -0.1) is 0 Å². The molecule has 0 saturated heterocycles. The van der Waals surface area contributed by atoms with E-state index in [9.17, 15) is 0 Å². The van der Waals surface area contributed by atoms with Crippen LogP contribution < -0.4 is 5.73 Å². The first-order valence-electron chi connectivity index (χ1n) is 5.12. The van der Waals surface area contributed by atoms with Crippen LogP contribution in [0.4, 0.5) is 0 Å². The Hall–Kier alpha value is -0.310. The third kappa shape index (κ3) is 3.33. The van der Waals surface area contributed by atoms with Gasteiger partial charge in [-0.3, -0.25) is 4.98 Å². The second kappa shape index (κ2) is 5.69. The Labute approximate surface area is 101 Å². The van der Waals surface area contributed by atoms with Crippen LogP contribution in [-0.4, -0.2) is 4.98 Å². The number of hydrogen-bond acceptors (Lipinski definition) is 2. The molecular weight excluding hydrogens is 231 g/mol. The average Bonchev–Trinajstić information content (AvgIpc) is 2.17. The molecule has 0 amide bonds. The van der Waals surface area contributed by atoms with Crippen molar-refractivity contribution in [1.82, 2.24) is 4.98 Å². The lowest BCUT2D eigenvalue weighted by Gasteiger charge is -2.19. The number of nitrogens with zero attached hydrogens (tertiary/aromatic N) is 1. The zero-order valence-electron chi connectivity index (χ0n) is 9.00. The zero-order valence-corrected chi connectivity index (χ0v) is 10.5. The first kappa shape index (κ1) is 12.8. The summed E-state index contributed by atoms with van der Waals surface area (Å²) < 4.78 is 0. The Bertz CT molecular complexity index is 328. The van der Waals surface area contributed by atoms with Crippen LogP contribution in [0.1, 0.15) is 38.4 Å². The molecule has 0 saturated carbocycles. The maximum Gasteiger partial charge on any atom is 0.0760 e. The topological polar surface area (TPSA) is 38.9 Å². The SMILES string of the molecule is CCCC(C)C(N)c1ncc(Cl)cc1Cl. The van der Waals surface area contributed by atoms with Crippen LogP contribution in [0.3, 0.4) is 0 Å². The number of aromatic nitrogens is 1. The van der Waals surface area contributed by atoms with E-state index in [1.54, 1.807) is 12.3 Å². The van der Waals surface area contributed by atoms with Crippen LogP contribution in [0.15, 0.2) is 12.3 Å². The molecule has 0 bridgehead atoms. The highest BCUT2D eigenvalue weighted by atomic mass is 35.5. The highest BCUT2D eigenvalue weighted by Crippen LogP contribution is 2.28. The van der Waals surface area contributed by atoms with Crippen molar-refractivity contribution in [1.29, 1.82) is 0 Å². The van der Waals surface area contributed by atoms with Crippen molar-refractivity contribution in [2.75, 3.05) is 0 Å². The zero-order chi connectivity index (χ0) is 11.4. The monoisotopic (exact) mass is 246 g/mol. The minimum atomic E-state index is -0.116. The second-order valence-corrected chi connectivity index (χ2v) is 4.66. The lowest BCUT2D eigenvalue weighted by atomic mass is 9.95. The molecule has 0 aliphatic carbocycles. The van der Waals surface area contributed by atoms with Crippen LogP contribution in [0.25, 0.3) is 0 Å². The quantitative estimate of drug-likeness (QED) is 0.878. The maximum atomic E-state index is 6.09. The molecule has 0 spiro atoms. The summed E-state index contributed by atoms with van der Waals surface area (Å²) in [7, 11) is 0. The molecule has 1 heterocycles. The largest absolute Gasteiger partial charge is 0.322 e. The Balaban J connectivity index is 2.86. The summed E-state index contributed by atoms with van der Waals surface area (Å²) in [5.41, 5.74) is 6.82. The minimum absolute atomic E-state index is 0.116. The second-order valence-electron chi connectivity index (χ2n) is 3.81. The van der Waals surface area contributed by atoms with Gasteiger partial charge in [-0.2, -0.15) is 0 Å². The van der Waals surface area contributed by atoms with Crippen molar-refractivity contribution in [3.8, 4) is 0 Å². The van der Waals surface area contributed by atoms with Crippen LogP contribution in [0.5, 0.6) is 0 Å². The highest BCUT2D eigenvalue weighted by Gasteiger charge is 2.18. The Morgan fingerprint density at radius 2 is 2.13 bits per heavy atom. The van der Waals surface area contributed by atoms with Gasteiger partial charge >= 0.3 is 0 Å². The minimum Gasteiger partial charge on any atom is -0.322 e. The average molecular weight is 247 g/mol. The molecular formula is C11H16Cl2N2. The molecule has 1 aromatic rings. The molecule has 0 aliphatic rings. The summed E-state index contributed by atoms with van der Waals surface area (Å²) in [5, 5.41) is 1.09. The van der Waals surface area contributed by atoms with Crippen LogP contribution in [0, 0.1) is 5.92 Å². The van der Waals surface area contributed by atoms with Crippen molar-refractivity contribution in [3.63, 3.8) is 0 Å². The number of halogens is 2. The van der Waals surface area contributed by atoms with E-state index in [4.69, 9.17) is 28.9 Å². The van der Waals surface area contributed by atoms with Crippen molar-refractivity contribution in [3.05, 3.63) is 28.0 Å². The molecule has 2 nitrogen and oxygen atoms in total. The van der Waals surface area contributed by atoms with Gasteiger partial charge in [-0.05, 0) is 18.4 Å². The fourth-order valence-corrected chi connectivity index (χ4v) is 2.08. The van der Waals surface area contributed by atoms with Gasteiger partial charge in [0.1, 0.15) is 0 Å². The van der Waals surface area contributed by atoms with Gasteiger partial charge in [0.15, 0.2) is 0 Å². The molecule has 1 aromatic heterocycles. The molecule has 84 valence electrons. The molecule has 2 unspecified atom stereocenters. The van der Waals surface area contributed by atoms with E-state index in [1.807, 2.05) is 0 Å². The number of hydrogen-bond donors (Lipinski definition) is 1. The summed E-state index contributed by atoms with van der Waals surface area (Å²) >= 11 is 11.8. The lowest BCUT2D eigenvalue weighted by Crippen LogP contribution is -2.20. The van der Waals surface area contributed by atoms with Crippen LogP contribution in [0.2, 0.25) is 10.0 Å². The molecule has 0 aliphatic heterocycles. The fraction of sp³-hybridized carbons (Fsp3) is 0.545.